The van der Waals surface area contributed by atoms with Crippen LogP contribution in [0.4, 0.5) is 11.6 Å². The SMILES string of the molecule is Nc1nonc1NC(=O)CBr. The fourth-order valence-electron chi connectivity index (χ4n) is 0.448. The smallest absolute Gasteiger partial charge is 0.236 e. The van der Waals surface area contributed by atoms with Gasteiger partial charge < -0.3 is 11.1 Å². The monoisotopic (exact) mass is 220 g/mol. The van der Waals surface area contributed by atoms with E-state index in [4.69, 9.17) is 5.73 Å². The molecule has 0 radical (unpaired) electrons. The number of halogens is 1. The van der Waals surface area contributed by atoms with Crippen molar-refractivity contribution in [3.8, 4) is 0 Å². The Morgan fingerprint density at radius 3 is 2.91 bits per heavy atom. The summed E-state index contributed by atoms with van der Waals surface area (Å²) in [5, 5.41) is 9.15. The fraction of sp³-hybridized carbons (Fsp3) is 0.250. The molecule has 1 rings (SSSR count). The molecule has 0 bridgehead atoms. The van der Waals surface area contributed by atoms with Gasteiger partial charge in [0, 0.05) is 0 Å². The molecule has 0 fully saturated rings. The van der Waals surface area contributed by atoms with Gasteiger partial charge in [0.15, 0.2) is 0 Å². The minimum Gasteiger partial charge on any atom is -0.378 e. The summed E-state index contributed by atoms with van der Waals surface area (Å²) in [4.78, 5) is 10.7. The minimum atomic E-state index is -0.257. The van der Waals surface area contributed by atoms with Crippen LogP contribution in [0.3, 0.4) is 0 Å². The van der Waals surface area contributed by atoms with Gasteiger partial charge in [-0.1, -0.05) is 15.9 Å². The maximum Gasteiger partial charge on any atom is 0.236 e. The van der Waals surface area contributed by atoms with E-state index < -0.39 is 0 Å². The second-order valence-electron chi connectivity index (χ2n) is 1.68. The number of nitrogens with zero attached hydrogens (tertiary/aromatic N) is 2. The highest BCUT2D eigenvalue weighted by molar-refractivity contribution is 9.09. The summed E-state index contributed by atoms with van der Waals surface area (Å²) in [7, 11) is 0. The average Bonchev–Trinajstić information content (AvgIpc) is 2.37. The van der Waals surface area contributed by atoms with E-state index in [9.17, 15) is 4.79 Å². The Kier molecular flexibility index (Phi) is 2.42. The second kappa shape index (κ2) is 3.33. The molecule has 0 atom stereocenters. The summed E-state index contributed by atoms with van der Waals surface area (Å²) in [6.45, 7) is 0. The molecule has 0 saturated heterocycles. The topological polar surface area (TPSA) is 94.0 Å². The van der Waals surface area contributed by atoms with E-state index in [2.05, 4.69) is 36.2 Å². The predicted octanol–water partition coefficient (Wildman–Crippen LogP) is -0.0148. The number of nitrogens with one attached hydrogen (secondary N) is 1. The van der Waals surface area contributed by atoms with Crippen LogP contribution < -0.4 is 11.1 Å². The molecule has 1 amide bonds. The van der Waals surface area contributed by atoms with Gasteiger partial charge in [-0.3, -0.25) is 4.79 Å². The molecule has 1 aromatic heterocycles. The lowest BCUT2D eigenvalue weighted by molar-refractivity contribution is -0.113. The van der Waals surface area contributed by atoms with Gasteiger partial charge in [-0.15, -0.1) is 0 Å². The maximum atomic E-state index is 10.7. The number of anilines is 2. The molecule has 60 valence electrons. The Morgan fingerprint density at radius 2 is 2.45 bits per heavy atom. The highest BCUT2D eigenvalue weighted by Crippen LogP contribution is 2.09. The number of hydrogen-bond acceptors (Lipinski definition) is 5. The molecule has 0 aliphatic carbocycles. The molecule has 7 heteroatoms. The number of carbonyl (C=O) groups excluding carboxylic acids is 1. The number of amides is 1. The molecule has 0 aromatic carbocycles. The molecule has 6 nitrogen and oxygen atoms in total. The number of hydrogen-bond donors (Lipinski definition) is 2. The van der Waals surface area contributed by atoms with Gasteiger partial charge >= 0.3 is 0 Å². The van der Waals surface area contributed by atoms with Crippen molar-refractivity contribution >= 4 is 33.5 Å². The van der Waals surface area contributed by atoms with Crippen molar-refractivity contribution < 1.29 is 9.42 Å². The maximum absolute atomic E-state index is 10.7. The first-order chi connectivity index (χ1) is 5.24. The van der Waals surface area contributed by atoms with Crippen molar-refractivity contribution in [2.24, 2.45) is 0 Å². The zero-order valence-corrected chi connectivity index (χ0v) is 6.96. The zero-order chi connectivity index (χ0) is 8.27. The van der Waals surface area contributed by atoms with Crippen LogP contribution >= 0.6 is 15.9 Å². The third kappa shape index (κ3) is 1.90. The molecule has 3 N–H and O–H groups in total. The van der Waals surface area contributed by atoms with E-state index >= 15 is 0 Å². The van der Waals surface area contributed by atoms with E-state index in [-0.39, 0.29) is 22.9 Å². The van der Waals surface area contributed by atoms with E-state index in [0.29, 0.717) is 0 Å². The van der Waals surface area contributed by atoms with E-state index in [0.717, 1.165) is 0 Å². The average molecular weight is 221 g/mol. The predicted molar refractivity (Wildman–Crippen MR) is 41.1 cm³/mol. The summed E-state index contributed by atoms with van der Waals surface area (Å²) >= 11 is 2.95. The van der Waals surface area contributed by atoms with Gasteiger partial charge in [0.1, 0.15) is 0 Å². The van der Waals surface area contributed by atoms with Crippen molar-refractivity contribution in [3.63, 3.8) is 0 Å². The lowest BCUT2D eigenvalue weighted by Gasteiger charge is -1.94. The van der Waals surface area contributed by atoms with E-state index in [1.165, 1.54) is 0 Å². The molecular formula is C4H5BrN4O2. The van der Waals surface area contributed by atoms with Crippen molar-refractivity contribution in [3.05, 3.63) is 0 Å². The number of alkyl halides is 1. The zero-order valence-electron chi connectivity index (χ0n) is 5.37. The number of nitrogen functional groups attached to an aromatic ring is 1. The molecule has 1 heterocycles. The van der Waals surface area contributed by atoms with Crippen LogP contribution in [0.15, 0.2) is 4.63 Å². The number of nitrogens with two attached hydrogens (primary N) is 1. The molecule has 11 heavy (non-hydrogen) atoms. The number of carbonyl (C=O) groups is 1. The van der Waals surface area contributed by atoms with Crippen LogP contribution in [0.25, 0.3) is 0 Å². The number of aromatic nitrogens is 2. The quantitative estimate of drug-likeness (QED) is 0.684. The summed E-state index contributed by atoms with van der Waals surface area (Å²) < 4.78 is 4.24. The number of rotatable bonds is 2. The van der Waals surface area contributed by atoms with Gasteiger partial charge in [0.2, 0.25) is 17.5 Å². The Hall–Kier alpha value is -1.11. The molecule has 0 aliphatic rings. The van der Waals surface area contributed by atoms with Crippen molar-refractivity contribution in [2.45, 2.75) is 0 Å². The summed E-state index contributed by atoms with van der Waals surface area (Å²) in [6.07, 6.45) is 0. The van der Waals surface area contributed by atoms with Gasteiger partial charge in [0.05, 0.1) is 5.33 Å². The van der Waals surface area contributed by atoms with Gasteiger partial charge in [0.25, 0.3) is 0 Å². The molecule has 0 unspecified atom stereocenters. The molecule has 0 spiro atoms. The lowest BCUT2D eigenvalue weighted by Crippen LogP contribution is -2.13. The Bertz CT molecular complexity index is 260. The first-order valence-corrected chi connectivity index (χ1v) is 3.80. The first-order valence-electron chi connectivity index (χ1n) is 2.68. The lowest BCUT2D eigenvalue weighted by atomic mass is 10.6. The van der Waals surface area contributed by atoms with Gasteiger partial charge in [-0.2, -0.15) is 0 Å². The Morgan fingerprint density at radius 1 is 1.73 bits per heavy atom. The second-order valence-corrected chi connectivity index (χ2v) is 2.24. The fourth-order valence-corrected chi connectivity index (χ4v) is 0.588. The van der Waals surface area contributed by atoms with Crippen molar-refractivity contribution in [2.75, 3.05) is 16.4 Å². The molecule has 1 aromatic rings. The first kappa shape index (κ1) is 7.99. The van der Waals surface area contributed by atoms with Crippen molar-refractivity contribution in [1.29, 1.82) is 0 Å². The van der Waals surface area contributed by atoms with Crippen LogP contribution in [0, 0.1) is 0 Å². The highest BCUT2D eigenvalue weighted by atomic mass is 79.9. The largest absolute Gasteiger partial charge is 0.378 e. The Balaban J connectivity index is 2.64. The van der Waals surface area contributed by atoms with Crippen LogP contribution in [-0.4, -0.2) is 21.6 Å². The highest BCUT2D eigenvalue weighted by Gasteiger charge is 2.07. The molecule has 0 aliphatic heterocycles. The summed E-state index contributed by atoms with van der Waals surface area (Å²) in [6, 6.07) is 0. The van der Waals surface area contributed by atoms with Crippen LogP contribution in [0.2, 0.25) is 0 Å². The summed E-state index contributed by atoms with van der Waals surface area (Å²) in [5.41, 5.74) is 5.25. The standard InChI is InChI=1S/C4H5BrN4O2/c5-1-2(10)7-4-3(6)8-11-9-4/h1H2,(H2,6,8)(H,7,9,10). The van der Waals surface area contributed by atoms with Crippen LogP contribution in [0.1, 0.15) is 0 Å². The van der Waals surface area contributed by atoms with Gasteiger partial charge in [-0.05, 0) is 10.3 Å². The third-order valence-electron chi connectivity index (χ3n) is 0.893. The summed E-state index contributed by atoms with van der Waals surface area (Å²) in [5.74, 6) is -0.0406. The minimum absolute atomic E-state index is 0.0688. The third-order valence-corrected chi connectivity index (χ3v) is 1.40. The van der Waals surface area contributed by atoms with Crippen LogP contribution in [0.5, 0.6) is 0 Å². The van der Waals surface area contributed by atoms with E-state index in [1.54, 1.807) is 0 Å². The molecular weight excluding hydrogens is 216 g/mol. The van der Waals surface area contributed by atoms with Crippen molar-refractivity contribution in [1.82, 2.24) is 10.3 Å². The van der Waals surface area contributed by atoms with Gasteiger partial charge in [-0.25, -0.2) is 4.63 Å². The molecule has 0 saturated carbocycles. The van der Waals surface area contributed by atoms with E-state index in [1.807, 2.05) is 0 Å². The van der Waals surface area contributed by atoms with Crippen LogP contribution in [-0.2, 0) is 4.79 Å². The Labute approximate surface area is 70.2 Å². The normalized spacial score (nSPS) is 9.55.